The standard InChI is InChI=1S/C6H12NO2/c8-5-7-3-1-6(9)2-4-7/h6,9H,1-5H2. The minimum atomic E-state index is -0.159. The molecule has 1 N–H and O–H groups in total. The minimum Gasteiger partial charge on any atom is -0.393 e. The van der Waals surface area contributed by atoms with Gasteiger partial charge in [0.2, 0.25) is 0 Å². The van der Waals surface area contributed by atoms with E-state index in [4.69, 9.17) is 5.11 Å². The molecule has 0 saturated carbocycles. The Balaban J connectivity index is 2.18. The van der Waals surface area contributed by atoms with E-state index in [9.17, 15) is 5.11 Å². The summed E-state index contributed by atoms with van der Waals surface area (Å²) in [4.78, 5) is 1.81. The molecule has 1 aliphatic heterocycles. The zero-order chi connectivity index (χ0) is 6.69. The van der Waals surface area contributed by atoms with E-state index in [1.54, 1.807) is 0 Å². The highest BCUT2D eigenvalue weighted by atomic mass is 16.3. The summed E-state index contributed by atoms with van der Waals surface area (Å²) in [5, 5.41) is 19.2. The third-order valence-corrected chi connectivity index (χ3v) is 1.74. The maximum absolute atomic E-state index is 10.2. The predicted molar refractivity (Wildman–Crippen MR) is 32.4 cm³/mol. The van der Waals surface area contributed by atoms with E-state index >= 15 is 0 Å². The Hall–Kier alpha value is -0.120. The fourth-order valence-electron chi connectivity index (χ4n) is 1.05. The Labute approximate surface area is 54.9 Å². The Morgan fingerprint density at radius 2 is 2.00 bits per heavy atom. The molecule has 1 saturated heterocycles. The molecule has 0 atom stereocenters. The van der Waals surface area contributed by atoms with E-state index in [0.717, 1.165) is 25.9 Å². The number of rotatable bonds is 1. The smallest absolute Gasteiger partial charge is 0.135 e. The van der Waals surface area contributed by atoms with Crippen LogP contribution < -0.4 is 0 Å². The van der Waals surface area contributed by atoms with Crippen molar-refractivity contribution < 1.29 is 10.2 Å². The minimum absolute atomic E-state index is 0.118. The van der Waals surface area contributed by atoms with Crippen molar-refractivity contribution in [2.45, 2.75) is 18.9 Å². The molecule has 0 aromatic carbocycles. The second-order valence-electron chi connectivity index (χ2n) is 2.48. The van der Waals surface area contributed by atoms with Gasteiger partial charge in [0, 0.05) is 13.1 Å². The van der Waals surface area contributed by atoms with Crippen molar-refractivity contribution in [1.29, 1.82) is 0 Å². The van der Waals surface area contributed by atoms with Crippen LogP contribution in [0.2, 0.25) is 0 Å². The van der Waals surface area contributed by atoms with Gasteiger partial charge in [-0.05, 0) is 12.8 Å². The van der Waals surface area contributed by atoms with Crippen LogP contribution in [0.4, 0.5) is 0 Å². The molecule has 1 rings (SSSR count). The lowest BCUT2D eigenvalue weighted by atomic mass is 10.1. The fraction of sp³-hybridized carbons (Fsp3) is 1.00. The van der Waals surface area contributed by atoms with Gasteiger partial charge >= 0.3 is 0 Å². The van der Waals surface area contributed by atoms with E-state index in [0.29, 0.717) is 0 Å². The van der Waals surface area contributed by atoms with Crippen molar-refractivity contribution in [3.63, 3.8) is 0 Å². The van der Waals surface area contributed by atoms with Crippen LogP contribution in [0.1, 0.15) is 12.8 Å². The molecule has 0 aromatic rings. The lowest BCUT2D eigenvalue weighted by Gasteiger charge is -2.26. The molecule has 0 spiro atoms. The van der Waals surface area contributed by atoms with E-state index in [1.807, 2.05) is 4.90 Å². The van der Waals surface area contributed by atoms with Crippen LogP contribution in [-0.4, -0.2) is 35.9 Å². The molecule has 9 heavy (non-hydrogen) atoms. The first kappa shape index (κ1) is 6.99. The van der Waals surface area contributed by atoms with Crippen molar-refractivity contribution in [2.75, 3.05) is 19.8 Å². The molecule has 1 fully saturated rings. The lowest BCUT2D eigenvalue weighted by Crippen LogP contribution is -2.35. The molecule has 0 aliphatic carbocycles. The van der Waals surface area contributed by atoms with E-state index in [1.165, 1.54) is 0 Å². The van der Waals surface area contributed by atoms with Crippen LogP contribution in [0, 0.1) is 0 Å². The summed E-state index contributed by atoms with van der Waals surface area (Å²) < 4.78 is 0. The second-order valence-corrected chi connectivity index (χ2v) is 2.48. The Morgan fingerprint density at radius 3 is 2.44 bits per heavy atom. The SMILES string of the molecule is [O]CN1CCC(O)CC1. The van der Waals surface area contributed by atoms with Gasteiger partial charge in [0.15, 0.2) is 0 Å². The van der Waals surface area contributed by atoms with Gasteiger partial charge in [-0.1, -0.05) is 0 Å². The fourth-order valence-corrected chi connectivity index (χ4v) is 1.05. The zero-order valence-corrected chi connectivity index (χ0v) is 5.42. The van der Waals surface area contributed by atoms with Crippen LogP contribution in [0.5, 0.6) is 0 Å². The second kappa shape index (κ2) is 3.15. The maximum atomic E-state index is 10.2. The first-order chi connectivity index (χ1) is 4.33. The van der Waals surface area contributed by atoms with Crippen LogP contribution in [-0.2, 0) is 5.11 Å². The van der Waals surface area contributed by atoms with Gasteiger partial charge in [-0.2, -0.15) is 0 Å². The molecule has 3 nitrogen and oxygen atoms in total. The Kier molecular flexibility index (Phi) is 2.45. The summed E-state index contributed by atoms with van der Waals surface area (Å²) >= 11 is 0. The molecular weight excluding hydrogens is 118 g/mol. The molecule has 0 bridgehead atoms. The van der Waals surface area contributed by atoms with Gasteiger partial charge in [0.05, 0.1) is 6.10 Å². The molecule has 3 heteroatoms. The summed E-state index contributed by atoms with van der Waals surface area (Å²) in [7, 11) is 0. The van der Waals surface area contributed by atoms with Crippen molar-refractivity contribution in [1.82, 2.24) is 4.90 Å². The molecular formula is C6H12NO2. The number of hydrogen-bond acceptors (Lipinski definition) is 2. The number of likely N-dealkylation sites (tertiary alicyclic amines) is 1. The van der Waals surface area contributed by atoms with Crippen LogP contribution >= 0.6 is 0 Å². The Morgan fingerprint density at radius 1 is 1.44 bits per heavy atom. The van der Waals surface area contributed by atoms with Gasteiger partial charge < -0.3 is 5.11 Å². The first-order valence-corrected chi connectivity index (χ1v) is 3.31. The quantitative estimate of drug-likeness (QED) is 0.535. The monoisotopic (exact) mass is 130 g/mol. The maximum Gasteiger partial charge on any atom is 0.135 e. The number of piperidine rings is 1. The van der Waals surface area contributed by atoms with Gasteiger partial charge in [0.1, 0.15) is 6.73 Å². The van der Waals surface area contributed by atoms with Crippen LogP contribution in [0.25, 0.3) is 0 Å². The van der Waals surface area contributed by atoms with Crippen molar-refractivity contribution in [2.24, 2.45) is 0 Å². The van der Waals surface area contributed by atoms with Crippen molar-refractivity contribution in [3.8, 4) is 0 Å². The molecule has 53 valence electrons. The number of aliphatic hydroxyl groups excluding tert-OH is 1. The summed E-state index contributed by atoms with van der Waals surface area (Å²) in [5.74, 6) is 0. The zero-order valence-electron chi connectivity index (χ0n) is 5.42. The molecule has 0 amide bonds. The van der Waals surface area contributed by atoms with Gasteiger partial charge in [-0.15, -0.1) is 0 Å². The van der Waals surface area contributed by atoms with Gasteiger partial charge in [-0.25, -0.2) is 5.11 Å². The predicted octanol–water partition coefficient (Wildman–Crippen LogP) is -0.169. The summed E-state index contributed by atoms with van der Waals surface area (Å²) in [6.45, 7) is 1.42. The van der Waals surface area contributed by atoms with Crippen LogP contribution in [0.15, 0.2) is 0 Å². The number of hydrogen-bond donors (Lipinski definition) is 1. The molecule has 1 heterocycles. The highest BCUT2D eigenvalue weighted by Crippen LogP contribution is 2.07. The first-order valence-electron chi connectivity index (χ1n) is 3.31. The average Bonchev–Trinajstić information content (AvgIpc) is 1.90. The summed E-state index contributed by atoms with van der Waals surface area (Å²) in [6.07, 6.45) is 1.37. The normalized spacial score (nSPS) is 24.7. The van der Waals surface area contributed by atoms with Gasteiger partial charge in [-0.3, -0.25) is 4.90 Å². The summed E-state index contributed by atoms with van der Waals surface area (Å²) in [6, 6.07) is 0. The van der Waals surface area contributed by atoms with Crippen molar-refractivity contribution >= 4 is 0 Å². The highest BCUT2D eigenvalue weighted by molar-refractivity contribution is 4.68. The van der Waals surface area contributed by atoms with Gasteiger partial charge in [0.25, 0.3) is 0 Å². The third kappa shape index (κ3) is 1.93. The number of aliphatic hydroxyl groups is 1. The molecule has 1 radical (unpaired) electrons. The average molecular weight is 130 g/mol. The Bertz CT molecular complexity index is 79.1. The third-order valence-electron chi connectivity index (χ3n) is 1.74. The lowest BCUT2D eigenvalue weighted by molar-refractivity contribution is 0.00536. The number of nitrogens with zero attached hydrogens (tertiary/aromatic N) is 1. The molecule has 1 aliphatic rings. The highest BCUT2D eigenvalue weighted by Gasteiger charge is 2.15. The van der Waals surface area contributed by atoms with Crippen LogP contribution in [0.3, 0.4) is 0 Å². The largest absolute Gasteiger partial charge is 0.393 e. The van der Waals surface area contributed by atoms with Crippen molar-refractivity contribution in [3.05, 3.63) is 0 Å². The van der Waals surface area contributed by atoms with E-state index in [2.05, 4.69) is 0 Å². The van der Waals surface area contributed by atoms with E-state index < -0.39 is 0 Å². The topological polar surface area (TPSA) is 43.4 Å². The summed E-state index contributed by atoms with van der Waals surface area (Å²) in [5.41, 5.74) is 0. The molecule has 0 unspecified atom stereocenters. The van der Waals surface area contributed by atoms with E-state index in [-0.39, 0.29) is 12.8 Å². The molecule has 0 aromatic heterocycles.